The average molecular weight is 486 g/mol. The van der Waals surface area contributed by atoms with Gasteiger partial charge in [-0.05, 0) is 37.1 Å². The SMILES string of the molecule is CCC(=O)Nc1ccc2c(c1)C(=O)N(C)C[C@@H](OC)[C@H](C)CN(Cc1ccccc1F)[C@@H](C)CO2. The van der Waals surface area contributed by atoms with Gasteiger partial charge in [0.1, 0.15) is 18.2 Å². The maximum atomic E-state index is 14.4. The van der Waals surface area contributed by atoms with Crippen molar-refractivity contribution in [3.63, 3.8) is 0 Å². The number of nitrogens with one attached hydrogen (secondary N) is 1. The lowest BCUT2D eigenvalue weighted by Gasteiger charge is -2.36. The summed E-state index contributed by atoms with van der Waals surface area (Å²) in [6, 6.07) is 11.8. The Morgan fingerprint density at radius 1 is 1.20 bits per heavy atom. The van der Waals surface area contributed by atoms with E-state index in [-0.39, 0.29) is 35.7 Å². The minimum atomic E-state index is -0.236. The molecule has 0 bridgehead atoms. The quantitative estimate of drug-likeness (QED) is 0.688. The van der Waals surface area contributed by atoms with Crippen LogP contribution < -0.4 is 10.1 Å². The normalized spacial score (nSPS) is 21.9. The Hall–Kier alpha value is -2.97. The van der Waals surface area contributed by atoms with Crippen molar-refractivity contribution >= 4 is 17.5 Å². The minimum Gasteiger partial charge on any atom is -0.491 e. The molecule has 0 saturated heterocycles. The van der Waals surface area contributed by atoms with E-state index in [1.165, 1.54) is 6.07 Å². The molecule has 35 heavy (non-hydrogen) atoms. The highest BCUT2D eigenvalue weighted by Crippen LogP contribution is 2.27. The monoisotopic (exact) mass is 485 g/mol. The van der Waals surface area contributed by atoms with Gasteiger partial charge >= 0.3 is 0 Å². The van der Waals surface area contributed by atoms with E-state index in [2.05, 4.69) is 17.1 Å². The summed E-state index contributed by atoms with van der Waals surface area (Å²) in [5.74, 6) is -0.0704. The van der Waals surface area contributed by atoms with Crippen molar-refractivity contribution in [2.45, 2.75) is 45.9 Å². The molecule has 1 aliphatic heterocycles. The second kappa shape index (κ2) is 12.1. The average Bonchev–Trinajstić information content (AvgIpc) is 2.85. The van der Waals surface area contributed by atoms with Gasteiger partial charge in [0, 0.05) is 57.5 Å². The first-order valence-electron chi connectivity index (χ1n) is 12.1. The number of hydrogen-bond donors (Lipinski definition) is 1. The van der Waals surface area contributed by atoms with Crippen LogP contribution >= 0.6 is 0 Å². The number of benzene rings is 2. The number of ether oxygens (including phenoxy) is 2. The van der Waals surface area contributed by atoms with Gasteiger partial charge in [0.2, 0.25) is 5.91 Å². The van der Waals surface area contributed by atoms with E-state index in [9.17, 15) is 14.0 Å². The number of amides is 2. The third-order valence-electron chi connectivity index (χ3n) is 6.51. The van der Waals surface area contributed by atoms with E-state index in [4.69, 9.17) is 9.47 Å². The first kappa shape index (κ1) is 26.6. The van der Waals surface area contributed by atoms with Gasteiger partial charge in [0.15, 0.2) is 0 Å². The van der Waals surface area contributed by atoms with Gasteiger partial charge < -0.3 is 19.7 Å². The van der Waals surface area contributed by atoms with Gasteiger partial charge in [0.25, 0.3) is 5.91 Å². The van der Waals surface area contributed by atoms with Gasteiger partial charge in [-0.3, -0.25) is 14.5 Å². The Morgan fingerprint density at radius 3 is 2.63 bits per heavy atom. The molecule has 1 heterocycles. The van der Waals surface area contributed by atoms with Crippen LogP contribution in [0.2, 0.25) is 0 Å². The number of nitrogens with zero attached hydrogens (tertiary/aromatic N) is 2. The van der Waals surface area contributed by atoms with Crippen molar-refractivity contribution in [1.82, 2.24) is 9.80 Å². The first-order valence-corrected chi connectivity index (χ1v) is 12.1. The highest BCUT2D eigenvalue weighted by molar-refractivity contribution is 5.99. The van der Waals surface area contributed by atoms with E-state index in [1.807, 2.05) is 13.0 Å². The van der Waals surface area contributed by atoms with E-state index >= 15 is 0 Å². The van der Waals surface area contributed by atoms with Crippen molar-refractivity contribution in [2.75, 3.05) is 39.2 Å². The molecule has 1 N–H and O–H groups in total. The highest BCUT2D eigenvalue weighted by atomic mass is 19.1. The Morgan fingerprint density at radius 2 is 1.94 bits per heavy atom. The Labute approximate surface area is 207 Å². The molecule has 2 aromatic rings. The van der Waals surface area contributed by atoms with Gasteiger partial charge in [0.05, 0.1) is 11.7 Å². The molecule has 0 aliphatic carbocycles. The van der Waals surface area contributed by atoms with Crippen molar-refractivity contribution < 1.29 is 23.5 Å². The number of rotatable bonds is 5. The molecular weight excluding hydrogens is 449 g/mol. The number of hydrogen-bond acceptors (Lipinski definition) is 5. The van der Waals surface area contributed by atoms with Gasteiger partial charge in [-0.15, -0.1) is 0 Å². The topological polar surface area (TPSA) is 71.1 Å². The molecule has 0 spiro atoms. The van der Waals surface area contributed by atoms with Crippen LogP contribution in [0.3, 0.4) is 0 Å². The number of carbonyl (C=O) groups excluding carboxylic acids is 2. The maximum absolute atomic E-state index is 14.4. The molecule has 0 fully saturated rings. The molecule has 0 radical (unpaired) electrons. The summed E-state index contributed by atoms with van der Waals surface area (Å²) in [6.45, 7) is 7.64. The number of likely N-dealkylation sites (N-methyl/N-ethyl adjacent to an activating group) is 1. The predicted molar refractivity (Wildman–Crippen MR) is 134 cm³/mol. The zero-order valence-electron chi connectivity index (χ0n) is 21.2. The molecular formula is C27H36FN3O4. The van der Waals surface area contributed by atoms with Crippen molar-refractivity contribution in [3.8, 4) is 5.75 Å². The van der Waals surface area contributed by atoms with Crippen LogP contribution in [0, 0.1) is 11.7 Å². The highest BCUT2D eigenvalue weighted by Gasteiger charge is 2.29. The van der Waals surface area contributed by atoms with Crippen LogP contribution in [0.4, 0.5) is 10.1 Å². The maximum Gasteiger partial charge on any atom is 0.257 e. The summed E-state index contributed by atoms with van der Waals surface area (Å²) in [6.07, 6.45) is 0.121. The zero-order chi connectivity index (χ0) is 25.5. The fourth-order valence-corrected chi connectivity index (χ4v) is 4.24. The number of methoxy groups -OCH3 is 1. The second-order valence-corrected chi connectivity index (χ2v) is 9.23. The van der Waals surface area contributed by atoms with Crippen LogP contribution in [0.5, 0.6) is 5.75 Å². The van der Waals surface area contributed by atoms with Crippen LogP contribution in [0.1, 0.15) is 43.1 Å². The van der Waals surface area contributed by atoms with Gasteiger partial charge in [-0.2, -0.15) is 0 Å². The molecule has 0 aromatic heterocycles. The smallest absolute Gasteiger partial charge is 0.257 e. The minimum absolute atomic E-state index is 0.0610. The first-order chi connectivity index (χ1) is 16.7. The largest absolute Gasteiger partial charge is 0.491 e. The van der Waals surface area contributed by atoms with Gasteiger partial charge in [-0.25, -0.2) is 4.39 Å². The fourth-order valence-electron chi connectivity index (χ4n) is 4.24. The third kappa shape index (κ3) is 6.80. The molecule has 0 unspecified atom stereocenters. The Balaban J connectivity index is 1.95. The number of anilines is 1. The summed E-state index contributed by atoms with van der Waals surface area (Å²) in [4.78, 5) is 29.1. The van der Waals surface area contributed by atoms with E-state index in [0.29, 0.717) is 55.2 Å². The zero-order valence-corrected chi connectivity index (χ0v) is 21.2. The number of fused-ring (bicyclic) bond motifs is 1. The van der Waals surface area contributed by atoms with Gasteiger partial charge in [-0.1, -0.05) is 32.0 Å². The molecule has 190 valence electrons. The lowest BCUT2D eigenvalue weighted by molar-refractivity contribution is -0.115. The Kier molecular flexibility index (Phi) is 9.23. The lowest BCUT2D eigenvalue weighted by Crippen LogP contribution is -2.46. The van der Waals surface area contributed by atoms with Crippen LogP contribution in [-0.2, 0) is 16.1 Å². The summed E-state index contributed by atoms with van der Waals surface area (Å²) in [7, 11) is 3.37. The van der Waals surface area contributed by atoms with E-state index in [0.717, 1.165) is 0 Å². The third-order valence-corrected chi connectivity index (χ3v) is 6.51. The van der Waals surface area contributed by atoms with Crippen LogP contribution in [0.25, 0.3) is 0 Å². The molecule has 3 rings (SSSR count). The van der Waals surface area contributed by atoms with E-state index in [1.54, 1.807) is 56.3 Å². The predicted octanol–water partition coefficient (Wildman–Crippen LogP) is 4.18. The second-order valence-electron chi connectivity index (χ2n) is 9.23. The number of halogens is 1. The fraction of sp³-hybridized carbons (Fsp3) is 0.481. The summed E-state index contributed by atoms with van der Waals surface area (Å²) in [5.41, 5.74) is 1.54. The van der Waals surface area contributed by atoms with E-state index < -0.39 is 0 Å². The van der Waals surface area contributed by atoms with Crippen molar-refractivity contribution in [1.29, 1.82) is 0 Å². The molecule has 2 amide bonds. The summed E-state index contributed by atoms with van der Waals surface area (Å²) < 4.78 is 26.4. The molecule has 3 atom stereocenters. The van der Waals surface area contributed by atoms with Crippen molar-refractivity contribution in [3.05, 3.63) is 59.4 Å². The lowest BCUT2D eigenvalue weighted by atomic mass is 10.0. The number of carbonyl (C=O) groups is 2. The van der Waals surface area contributed by atoms with Crippen molar-refractivity contribution in [2.24, 2.45) is 5.92 Å². The molecule has 0 saturated carbocycles. The molecule has 8 heteroatoms. The summed E-state index contributed by atoms with van der Waals surface area (Å²) >= 11 is 0. The molecule has 1 aliphatic rings. The summed E-state index contributed by atoms with van der Waals surface area (Å²) in [5, 5.41) is 2.81. The van der Waals surface area contributed by atoms with Crippen LogP contribution in [-0.4, -0.2) is 67.6 Å². The Bertz CT molecular complexity index is 1030. The van der Waals surface area contributed by atoms with Crippen LogP contribution in [0.15, 0.2) is 42.5 Å². The molecule has 7 nitrogen and oxygen atoms in total. The molecule has 2 aromatic carbocycles. The standard InChI is InChI=1S/C27H36FN3O4/c1-6-26(32)29-21-11-12-24-22(13-21)27(33)30(4)16-25(34-5)18(2)14-31(19(3)17-35-24)15-20-9-7-8-10-23(20)28/h7-13,18-19,25H,6,14-17H2,1-5H3,(H,29,32)/t18-,19+,25-/m1/s1.